The summed E-state index contributed by atoms with van der Waals surface area (Å²) in [5.41, 5.74) is 1.13. The number of unbranched alkanes of at least 4 members (excludes halogenated alkanes) is 1. The first-order valence-corrected chi connectivity index (χ1v) is 8.65. The van der Waals surface area contributed by atoms with Gasteiger partial charge >= 0.3 is 0 Å². The maximum atomic E-state index is 5.37. The predicted octanol–water partition coefficient (Wildman–Crippen LogP) is 2.87. The summed E-state index contributed by atoms with van der Waals surface area (Å²) >= 11 is 0. The molecule has 1 unspecified atom stereocenters. The minimum atomic E-state index is 0. The number of hydrogen-bond donors (Lipinski definition) is 2. The molecular weight excluding hydrogens is 431 g/mol. The Kier molecular flexibility index (Phi) is 9.77. The zero-order valence-electron chi connectivity index (χ0n) is 15.7. The highest BCUT2D eigenvalue weighted by molar-refractivity contribution is 14.0. The third-order valence-electron chi connectivity index (χ3n) is 4.28. The van der Waals surface area contributed by atoms with Crippen molar-refractivity contribution in [2.75, 3.05) is 45.8 Å². The molecule has 1 atom stereocenters. The van der Waals surface area contributed by atoms with E-state index in [0.717, 1.165) is 55.6 Å². The minimum absolute atomic E-state index is 0. The van der Waals surface area contributed by atoms with E-state index >= 15 is 0 Å². The summed E-state index contributed by atoms with van der Waals surface area (Å²) < 4.78 is 10.7. The molecule has 0 amide bonds. The first-order valence-electron chi connectivity index (χ1n) is 8.65. The van der Waals surface area contributed by atoms with Gasteiger partial charge < -0.3 is 25.0 Å². The number of anilines is 1. The molecule has 1 heterocycles. The van der Waals surface area contributed by atoms with Crippen LogP contribution < -0.4 is 25.0 Å². The third-order valence-corrected chi connectivity index (χ3v) is 4.28. The first-order chi connectivity index (χ1) is 11.7. The lowest BCUT2D eigenvalue weighted by atomic mass is 10.2. The summed E-state index contributed by atoms with van der Waals surface area (Å²) in [5, 5.41) is 6.88. The van der Waals surface area contributed by atoms with Crippen molar-refractivity contribution in [1.29, 1.82) is 0 Å². The van der Waals surface area contributed by atoms with Gasteiger partial charge in [0.25, 0.3) is 0 Å². The van der Waals surface area contributed by atoms with Gasteiger partial charge in [0, 0.05) is 56.6 Å². The van der Waals surface area contributed by atoms with Gasteiger partial charge in [-0.25, -0.2) is 0 Å². The van der Waals surface area contributed by atoms with Gasteiger partial charge in [0.2, 0.25) is 0 Å². The minimum Gasteiger partial charge on any atom is -0.497 e. The van der Waals surface area contributed by atoms with E-state index in [9.17, 15) is 0 Å². The second-order valence-electron chi connectivity index (χ2n) is 6.00. The van der Waals surface area contributed by atoms with Crippen LogP contribution in [0.1, 0.15) is 26.2 Å². The molecule has 1 saturated heterocycles. The van der Waals surface area contributed by atoms with Crippen molar-refractivity contribution >= 4 is 35.6 Å². The zero-order chi connectivity index (χ0) is 17.4. The van der Waals surface area contributed by atoms with Gasteiger partial charge in [0.15, 0.2) is 5.96 Å². The van der Waals surface area contributed by atoms with E-state index in [1.165, 1.54) is 6.42 Å². The van der Waals surface area contributed by atoms with Crippen molar-refractivity contribution in [1.82, 2.24) is 10.6 Å². The largest absolute Gasteiger partial charge is 0.497 e. The second kappa shape index (κ2) is 11.3. The van der Waals surface area contributed by atoms with E-state index in [4.69, 9.17) is 9.47 Å². The standard InChI is InChI=1S/C18H30N4O2.HI/c1-5-6-8-20-18(19-2)21-14-7-9-22(13-14)15-10-16(23-3)12-17(11-15)24-4;/h10-12,14H,5-9,13H2,1-4H3,(H2,19,20,21);1H. The lowest BCUT2D eigenvalue weighted by molar-refractivity contribution is 0.394. The Hall–Kier alpha value is -1.38. The molecule has 0 bridgehead atoms. The molecule has 1 aliphatic rings. The average Bonchev–Trinajstić information content (AvgIpc) is 3.09. The fourth-order valence-electron chi connectivity index (χ4n) is 2.86. The predicted molar refractivity (Wildman–Crippen MR) is 115 cm³/mol. The van der Waals surface area contributed by atoms with Crippen LogP contribution in [-0.2, 0) is 0 Å². The number of guanidine groups is 1. The molecule has 0 aromatic heterocycles. The Balaban J connectivity index is 0.00000312. The van der Waals surface area contributed by atoms with Gasteiger partial charge in [-0.15, -0.1) is 24.0 Å². The molecule has 6 nitrogen and oxygen atoms in total. The molecule has 1 aromatic carbocycles. The molecule has 1 aliphatic heterocycles. The zero-order valence-corrected chi connectivity index (χ0v) is 18.0. The van der Waals surface area contributed by atoms with Gasteiger partial charge in [-0.1, -0.05) is 13.3 Å². The molecule has 25 heavy (non-hydrogen) atoms. The monoisotopic (exact) mass is 462 g/mol. The normalized spacial score (nSPS) is 17.0. The second-order valence-corrected chi connectivity index (χ2v) is 6.00. The highest BCUT2D eigenvalue weighted by Crippen LogP contribution is 2.30. The number of nitrogens with one attached hydrogen (secondary N) is 2. The molecule has 0 aliphatic carbocycles. The van der Waals surface area contributed by atoms with Crippen LogP contribution in [0.2, 0.25) is 0 Å². The quantitative estimate of drug-likeness (QED) is 0.283. The smallest absolute Gasteiger partial charge is 0.191 e. The Labute approximate surface area is 168 Å². The van der Waals surface area contributed by atoms with E-state index in [1.807, 2.05) is 13.1 Å². The third kappa shape index (κ3) is 6.45. The number of ether oxygens (including phenoxy) is 2. The summed E-state index contributed by atoms with van der Waals surface area (Å²) in [4.78, 5) is 6.66. The fraction of sp³-hybridized carbons (Fsp3) is 0.611. The lowest BCUT2D eigenvalue weighted by Gasteiger charge is -2.21. The number of aliphatic imine (C=N–C) groups is 1. The molecule has 0 spiro atoms. The van der Waals surface area contributed by atoms with Crippen LogP contribution in [0.4, 0.5) is 5.69 Å². The average molecular weight is 462 g/mol. The van der Waals surface area contributed by atoms with Gasteiger partial charge in [-0.2, -0.15) is 0 Å². The van der Waals surface area contributed by atoms with Gasteiger partial charge in [0.1, 0.15) is 11.5 Å². The van der Waals surface area contributed by atoms with Crippen molar-refractivity contribution in [2.45, 2.75) is 32.2 Å². The Bertz CT molecular complexity index is 532. The Morgan fingerprint density at radius 2 is 1.92 bits per heavy atom. The summed E-state index contributed by atoms with van der Waals surface area (Å²) in [6, 6.07) is 6.39. The molecule has 2 N–H and O–H groups in total. The summed E-state index contributed by atoms with van der Waals surface area (Å²) in [6.45, 7) is 5.08. The van der Waals surface area contributed by atoms with Crippen molar-refractivity contribution in [3.8, 4) is 11.5 Å². The topological polar surface area (TPSA) is 58.1 Å². The van der Waals surface area contributed by atoms with Crippen LogP contribution in [-0.4, -0.2) is 52.9 Å². The summed E-state index contributed by atoms with van der Waals surface area (Å²) in [7, 11) is 5.18. The number of hydrogen-bond acceptors (Lipinski definition) is 4. The molecule has 0 saturated carbocycles. The van der Waals surface area contributed by atoms with Crippen LogP contribution in [0.5, 0.6) is 11.5 Å². The van der Waals surface area contributed by atoms with E-state index < -0.39 is 0 Å². The number of nitrogens with zero attached hydrogens (tertiary/aromatic N) is 2. The number of methoxy groups -OCH3 is 2. The molecule has 0 radical (unpaired) electrons. The van der Waals surface area contributed by atoms with Gasteiger partial charge in [-0.3, -0.25) is 4.99 Å². The van der Waals surface area contributed by atoms with Crippen LogP contribution in [0.3, 0.4) is 0 Å². The fourth-order valence-corrected chi connectivity index (χ4v) is 2.86. The number of halogens is 1. The van der Waals surface area contributed by atoms with E-state index in [0.29, 0.717) is 6.04 Å². The molecular formula is C18H31IN4O2. The van der Waals surface area contributed by atoms with Crippen molar-refractivity contribution in [2.24, 2.45) is 4.99 Å². The SMILES string of the molecule is CCCCNC(=NC)NC1CCN(c2cc(OC)cc(OC)c2)C1.I. The van der Waals surface area contributed by atoms with E-state index in [2.05, 4.69) is 39.6 Å². The Morgan fingerprint density at radius 1 is 1.24 bits per heavy atom. The van der Waals surface area contributed by atoms with Gasteiger partial charge in [-0.05, 0) is 12.8 Å². The Morgan fingerprint density at radius 3 is 2.48 bits per heavy atom. The highest BCUT2D eigenvalue weighted by atomic mass is 127. The molecule has 1 aromatic rings. The first kappa shape index (κ1) is 21.7. The summed E-state index contributed by atoms with van der Waals surface area (Å²) in [5.74, 6) is 2.52. The molecule has 7 heteroatoms. The molecule has 142 valence electrons. The van der Waals surface area contributed by atoms with Crippen LogP contribution >= 0.6 is 24.0 Å². The molecule has 1 fully saturated rings. The van der Waals surface area contributed by atoms with Crippen LogP contribution in [0, 0.1) is 0 Å². The maximum absolute atomic E-state index is 5.37. The van der Waals surface area contributed by atoms with Crippen molar-refractivity contribution < 1.29 is 9.47 Å². The summed E-state index contributed by atoms with van der Waals surface area (Å²) in [6.07, 6.45) is 3.41. The highest BCUT2D eigenvalue weighted by Gasteiger charge is 2.24. The van der Waals surface area contributed by atoms with E-state index in [-0.39, 0.29) is 24.0 Å². The van der Waals surface area contributed by atoms with Crippen LogP contribution in [0.15, 0.2) is 23.2 Å². The van der Waals surface area contributed by atoms with Crippen molar-refractivity contribution in [3.05, 3.63) is 18.2 Å². The number of rotatable bonds is 7. The van der Waals surface area contributed by atoms with E-state index in [1.54, 1.807) is 14.2 Å². The van der Waals surface area contributed by atoms with Crippen molar-refractivity contribution in [3.63, 3.8) is 0 Å². The lowest BCUT2D eigenvalue weighted by Crippen LogP contribution is -2.44. The number of benzene rings is 1. The maximum Gasteiger partial charge on any atom is 0.191 e. The van der Waals surface area contributed by atoms with Gasteiger partial charge in [0.05, 0.1) is 14.2 Å². The van der Waals surface area contributed by atoms with Crippen LogP contribution in [0.25, 0.3) is 0 Å². The molecule has 2 rings (SSSR count).